The fourth-order valence-corrected chi connectivity index (χ4v) is 3.35. The summed E-state index contributed by atoms with van der Waals surface area (Å²) >= 11 is 0. The number of carbonyl (C=O) groups excluding carboxylic acids is 1. The van der Waals surface area contributed by atoms with Gasteiger partial charge in [-0.05, 0) is 74.1 Å². The predicted octanol–water partition coefficient (Wildman–Crippen LogP) is 4.59. The van der Waals surface area contributed by atoms with Crippen LogP contribution in [0, 0.1) is 19.8 Å². The third-order valence-electron chi connectivity index (χ3n) is 5.34. The lowest BCUT2D eigenvalue weighted by molar-refractivity contribution is -0.114. The van der Waals surface area contributed by atoms with E-state index in [1.165, 1.54) is 29.7 Å². The summed E-state index contributed by atoms with van der Waals surface area (Å²) in [5.41, 5.74) is 5.49. The van der Waals surface area contributed by atoms with Gasteiger partial charge in [0.15, 0.2) is 0 Å². The van der Waals surface area contributed by atoms with Crippen LogP contribution in [0.3, 0.4) is 0 Å². The third-order valence-corrected chi connectivity index (χ3v) is 5.34. The Morgan fingerprint density at radius 2 is 1.77 bits per heavy atom. The van der Waals surface area contributed by atoms with Crippen LogP contribution in [0.2, 0.25) is 0 Å². The quantitative estimate of drug-likeness (QED) is 0.828. The van der Waals surface area contributed by atoms with Crippen molar-refractivity contribution in [3.63, 3.8) is 0 Å². The van der Waals surface area contributed by atoms with Gasteiger partial charge in [-0.2, -0.15) is 0 Å². The minimum absolute atomic E-state index is 0.0366. The average molecular weight is 351 g/mol. The van der Waals surface area contributed by atoms with Gasteiger partial charge in [0.25, 0.3) is 0 Å². The maximum Gasteiger partial charge on any atom is 0.243 e. The fourth-order valence-electron chi connectivity index (χ4n) is 3.35. The zero-order valence-electron chi connectivity index (χ0n) is 16.0. The molecule has 0 aliphatic carbocycles. The molecule has 2 N–H and O–H groups in total. The number of nitrogens with zero attached hydrogens (tertiary/aromatic N) is 1. The van der Waals surface area contributed by atoms with E-state index in [9.17, 15) is 4.79 Å². The Hall–Kier alpha value is -2.49. The van der Waals surface area contributed by atoms with Crippen molar-refractivity contribution in [2.45, 2.75) is 33.6 Å². The van der Waals surface area contributed by atoms with Gasteiger partial charge in [0.05, 0.1) is 6.54 Å². The minimum atomic E-state index is -0.0366. The summed E-state index contributed by atoms with van der Waals surface area (Å²) in [5.74, 6) is 0.791. The fraction of sp³-hybridized carbons (Fsp3) is 0.409. The summed E-state index contributed by atoms with van der Waals surface area (Å²) in [6.45, 7) is 8.96. The first-order chi connectivity index (χ1) is 12.5. The molecule has 138 valence electrons. The van der Waals surface area contributed by atoms with Crippen molar-refractivity contribution in [1.29, 1.82) is 0 Å². The van der Waals surface area contributed by atoms with Gasteiger partial charge in [-0.1, -0.05) is 19.1 Å². The summed E-state index contributed by atoms with van der Waals surface area (Å²) in [6, 6.07) is 14.3. The summed E-state index contributed by atoms with van der Waals surface area (Å²) in [6.07, 6.45) is 2.51. The Morgan fingerprint density at radius 3 is 2.46 bits per heavy atom. The molecule has 1 saturated heterocycles. The zero-order chi connectivity index (χ0) is 18.5. The van der Waals surface area contributed by atoms with Crippen LogP contribution in [-0.4, -0.2) is 25.5 Å². The van der Waals surface area contributed by atoms with Gasteiger partial charge in [-0.25, -0.2) is 0 Å². The minimum Gasteiger partial charge on any atom is -0.376 e. The van der Waals surface area contributed by atoms with Gasteiger partial charge < -0.3 is 15.5 Å². The number of hydrogen-bond donors (Lipinski definition) is 2. The van der Waals surface area contributed by atoms with Crippen molar-refractivity contribution >= 4 is 23.0 Å². The van der Waals surface area contributed by atoms with E-state index >= 15 is 0 Å². The van der Waals surface area contributed by atoms with Crippen molar-refractivity contribution < 1.29 is 4.79 Å². The molecule has 1 amide bonds. The molecule has 1 aliphatic heterocycles. The molecule has 26 heavy (non-hydrogen) atoms. The third kappa shape index (κ3) is 4.57. The van der Waals surface area contributed by atoms with Gasteiger partial charge in [0.2, 0.25) is 5.91 Å². The molecule has 1 fully saturated rings. The Bertz CT molecular complexity index is 746. The van der Waals surface area contributed by atoms with E-state index in [0.29, 0.717) is 0 Å². The number of rotatable bonds is 5. The second-order valence-electron chi connectivity index (χ2n) is 7.37. The average Bonchev–Trinajstić information content (AvgIpc) is 2.64. The van der Waals surface area contributed by atoms with Crippen LogP contribution in [0.1, 0.15) is 30.9 Å². The lowest BCUT2D eigenvalue weighted by Gasteiger charge is -2.32. The lowest BCUT2D eigenvalue weighted by Crippen LogP contribution is -2.32. The molecule has 2 aromatic carbocycles. The molecule has 0 spiro atoms. The molecule has 0 radical (unpaired) electrons. The highest BCUT2D eigenvalue weighted by Crippen LogP contribution is 2.24. The topological polar surface area (TPSA) is 44.4 Å². The van der Waals surface area contributed by atoms with Crippen molar-refractivity contribution in [2.24, 2.45) is 5.92 Å². The van der Waals surface area contributed by atoms with E-state index < -0.39 is 0 Å². The van der Waals surface area contributed by atoms with Gasteiger partial charge >= 0.3 is 0 Å². The van der Waals surface area contributed by atoms with Gasteiger partial charge in [0, 0.05) is 30.2 Å². The smallest absolute Gasteiger partial charge is 0.243 e. The second-order valence-corrected chi connectivity index (χ2v) is 7.37. The Balaban J connectivity index is 1.52. The number of anilines is 3. The standard InChI is InChI=1S/C22H29N3O/c1-16-11-13-25(14-12-16)20-9-7-19(8-10-20)24-22(26)15-23-21-6-4-5-17(2)18(21)3/h4-10,16,23H,11-15H2,1-3H3,(H,24,26). The summed E-state index contributed by atoms with van der Waals surface area (Å²) in [7, 11) is 0. The van der Waals surface area contributed by atoms with Crippen molar-refractivity contribution in [3.05, 3.63) is 53.6 Å². The number of nitrogens with one attached hydrogen (secondary N) is 2. The second kappa shape index (κ2) is 8.26. The molecule has 1 aliphatic rings. The molecular formula is C22H29N3O. The molecule has 1 heterocycles. The maximum absolute atomic E-state index is 12.2. The number of hydrogen-bond acceptors (Lipinski definition) is 3. The van der Waals surface area contributed by atoms with Crippen LogP contribution >= 0.6 is 0 Å². The monoisotopic (exact) mass is 351 g/mol. The molecular weight excluding hydrogens is 322 g/mol. The number of amides is 1. The maximum atomic E-state index is 12.2. The molecule has 0 aromatic heterocycles. The van der Waals surface area contributed by atoms with Crippen molar-refractivity contribution in [3.8, 4) is 0 Å². The van der Waals surface area contributed by atoms with Crippen LogP contribution < -0.4 is 15.5 Å². The highest BCUT2D eigenvalue weighted by Gasteiger charge is 2.15. The largest absolute Gasteiger partial charge is 0.376 e. The van der Waals surface area contributed by atoms with Crippen molar-refractivity contribution in [1.82, 2.24) is 0 Å². The van der Waals surface area contributed by atoms with E-state index in [4.69, 9.17) is 0 Å². The Morgan fingerprint density at radius 1 is 1.08 bits per heavy atom. The SMILES string of the molecule is Cc1cccc(NCC(=O)Nc2ccc(N3CCC(C)CC3)cc2)c1C. The predicted molar refractivity (Wildman–Crippen MR) is 110 cm³/mol. The van der Waals surface area contributed by atoms with E-state index in [0.717, 1.165) is 30.4 Å². The van der Waals surface area contributed by atoms with Gasteiger partial charge in [-0.15, -0.1) is 0 Å². The van der Waals surface area contributed by atoms with Gasteiger partial charge in [0.1, 0.15) is 0 Å². The van der Waals surface area contributed by atoms with Crippen LogP contribution in [0.4, 0.5) is 17.1 Å². The first kappa shape index (κ1) is 18.3. The van der Waals surface area contributed by atoms with E-state index in [1.54, 1.807) is 0 Å². The van der Waals surface area contributed by atoms with E-state index in [2.05, 4.69) is 54.5 Å². The van der Waals surface area contributed by atoms with Crippen LogP contribution in [-0.2, 0) is 4.79 Å². The van der Waals surface area contributed by atoms with E-state index in [-0.39, 0.29) is 12.5 Å². The molecule has 4 heteroatoms. The van der Waals surface area contributed by atoms with Gasteiger partial charge in [-0.3, -0.25) is 4.79 Å². The summed E-state index contributed by atoms with van der Waals surface area (Å²) in [4.78, 5) is 14.6. The normalized spacial score (nSPS) is 15.0. The van der Waals surface area contributed by atoms with Crippen LogP contribution in [0.5, 0.6) is 0 Å². The molecule has 2 aromatic rings. The number of piperidine rings is 1. The molecule has 0 unspecified atom stereocenters. The number of aryl methyl sites for hydroxylation is 1. The number of carbonyl (C=O) groups is 1. The molecule has 4 nitrogen and oxygen atoms in total. The highest BCUT2D eigenvalue weighted by molar-refractivity contribution is 5.94. The van der Waals surface area contributed by atoms with E-state index in [1.807, 2.05) is 24.3 Å². The van der Waals surface area contributed by atoms with Crippen molar-refractivity contribution in [2.75, 3.05) is 35.2 Å². The molecule has 3 rings (SSSR count). The Labute approximate surface area is 156 Å². The lowest BCUT2D eigenvalue weighted by atomic mass is 9.99. The molecule has 0 saturated carbocycles. The summed E-state index contributed by atoms with van der Waals surface area (Å²) in [5, 5.41) is 6.18. The first-order valence-corrected chi connectivity index (χ1v) is 9.48. The molecule has 0 atom stereocenters. The number of benzene rings is 2. The van der Waals surface area contributed by atoms with Crippen LogP contribution in [0.25, 0.3) is 0 Å². The zero-order valence-corrected chi connectivity index (χ0v) is 16.0. The summed E-state index contributed by atoms with van der Waals surface area (Å²) < 4.78 is 0. The van der Waals surface area contributed by atoms with Crippen LogP contribution in [0.15, 0.2) is 42.5 Å². The highest BCUT2D eigenvalue weighted by atomic mass is 16.1. The Kier molecular flexibility index (Phi) is 5.82. The molecule has 0 bridgehead atoms. The first-order valence-electron chi connectivity index (χ1n) is 9.48.